The number of hydrogen-bond acceptors (Lipinski definition) is 4. The molecule has 0 fully saturated rings. The Balaban J connectivity index is 2.08. The minimum atomic E-state index is -0.699. The summed E-state index contributed by atoms with van der Waals surface area (Å²) in [7, 11) is 0. The van der Waals surface area contributed by atoms with Gasteiger partial charge >= 0.3 is 6.09 Å². The van der Waals surface area contributed by atoms with Gasteiger partial charge in [0, 0.05) is 0 Å². The minimum Gasteiger partial charge on any atom is -0.449 e. The number of aromatic nitrogens is 2. The average molecular weight is 316 g/mol. The number of carbonyl (C=O) groups is 2. The summed E-state index contributed by atoms with van der Waals surface area (Å²) in [4.78, 5) is 23.4. The third kappa shape index (κ3) is 4.32. The lowest BCUT2D eigenvalue weighted by atomic mass is 10.2. The Kier molecular flexibility index (Phi) is 5.74. The summed E-state index contributed by atoms with van der Waals surface area (Å²) in [6.45, 7) is 4.46. The Morgan fingerprint density at radius 2 is 1.91 bits per heavy atom. The van der Waals surface area contributed by atoms with Crippen LogP contribution in [0, 0.1) is 0 Å². The van der Waals surface area contributed by atoms with Gasteiger partial charge in [0.05, 0.1) is 30.6 Å². The summed E-state index contributed by atoms with van der Waals surface area (Å²) in [5, 5.41) is 4.28. The van der Waals surface area contributed by atoms with Gasteiger partial charge < -0.3 is 4.74 Å². The number of amides is 2. The van der Waals surface area contributed by atoms with E-state index < -0.39 is 12.0 Å². The lowest BCUT2D eigenvalue weighted by Crippen LogP contribution is -2.42. The van der Waals surface area contributed by atoms with Crippen molar-refractivity contribution in [3.8, 4) is 0 Å². The molecule has 2 N–H and O–H groups in total. The third-order valence-corrected chi connectivity index (χ3v) is 3.26. The quantitative estimate of drug-likeness (QED) is 0.825. The summed E-state index contributed by atoms with van der Waals surface area (Å²) in [6, 6.07) is 9.88. The Morgan fingerprint density at radius 3 is 2.57 bits per heavy atom. The molecule has 0 aliphatic rings. The highest BCUT2D eigenvalue weighted by molar-refractivity contribution is 5.95. The van der Waals surface area contributed by atoms with Gasteiger partial charge in [-0.15, -0.1) is 0 Å². The van der Waals surface area contributed by atoms with Crippen LogP contribution in [0.5, 0.6) is 0 Å². The van der Waals surface area contributed by atoms with E-state index in [-0.39, 0.29) is 6.61 Å². The summed E-state index contributed by atoms with van der Waals surface area (Å²) >= 11 is 0. The Morgan fingerprint density at radius 1 is 1.17 bits per heavy atom. The molecule has 0 saturated carbocycles. The molecule has 2 aromatic rings. The fraction of sp³-hybridized carbons (Fsp3) is 0.312. The number of hydrazine groups is 1. The predicted molar refractivity (Wildman–Crippen MR) is 84.8 cm³/mol. The van der Waals surface area contributed by atoms with E-state index in [0.29, 0.717) is 18.5 Å². The normalized spacial score (nSPS) is 10.2. The molecule has 2 amide bonds. The van der Waals surface area contributed by atoms with E-state index in [9.17, 15) is 9.59 Å². The molecule has 0 aliphatic carbocycles. The molecule has 0 bridgehead atoms. The van der Waals surface area contributed by atoms with Crippen molar-refractivity contribution in [3.63, 3.8) is 0 Å². The zero-order valence-corrected chi connectivity index (χ0v) is 13.2. The molecule has 0 aliphatic heterocycles. The maximum Gasteiger partial charge on any atom is 0.426 e. The predicted octanol–water partition coefficient (Wildman–Crippen LogP) is 1.88. The molecular weight excluding hydrogens is 296 g/mol. The first kappa shape index (κ1) is 16.5. The van der Waals surface area contributed by atoms with Gasteiger partial charge in [-0.25, -0.2) is 10.2 Å². The van der Waals surface area contributed by atoms with Gasteiger partial charge in [-0.1, -0.05) is 37.3 Å². The van der Waals surface area contributed by atoms with Crippen LogP contribution in [0.4, 0.5) is 4.79 Å². The van der Waals surface area contributed by atoms with Crippen molar-refractivity contribution in [2.24, 2.45) is 0 Å². The standard InChI is InChI=1S/C16H20N4O3/c1-3-14-13(15(21)18-19-16(22)23-4-2)10-17-20(14)11-12-8-6-5-7-9-12/h5-10H,3-4,11H2,1-2H3,(H,18,21)(H,19,22). The largest absolute Gasteiger partial charge is 0.449 e. The Bertz CT molecular complexity index is 667. The van der Waals surface area contributed by atoms with E-state index >= 15 is 0 Å². The molecule has 1 aromatic heterocycles. The highest BCUT2D eigenvalue weighted by Gasteiger charge is 2.17. The highest BCUT2D eigenvalue weighted by Crippen LogP contribution is 2.12. The van der Waals surface area contributed by atoms with Gasteiger partial charge in [0.2, 0.25) is 0 Å². The van der Waals surface area contributed by atoms with E-state index in [1.165, 1.54) is 6.20 Å². The number of nitrogens with zero attached hydrogens (tertiary/aromatic N) is 2. The smallest absolute Gasteiger partial charge is 0.426 e. The van der Waals surface area contributed by atoms with Gasteiger partial charge in [-0.05, 0) is 18.9 Å². The van der Waals surface area contributed by atoms with Gasteiger partial charge in [-0.3, -0.25) is 14.9 Å². The van der Waals surface area contributed by atoms with E-state index in [4.69, 9.17) is 0 Å². The van der Waals surface area contributed by atoms with Crippen LogP contribution in [0.25, 0.3) is 0 Å². The van der Waals surface area contributed by atoms with Crippen LogP contribution in [0.15, 0.2) is 36.5 Å². The second kappa shape index (κ2) is 7.98. The van der Waals surface area contributed by atoms with Crippen LogP contribution in [-0.4, -0.2) is 28.4 Å². The van der Waals surface area contributed by atoms with Crippen LogP contribution in [0.2, 0.25) is 0 Å². The fourth-order valence-corrected chi connectivity index (χ4v) is 2.21. The van der Waals surface area contributed by atoms with E-state index in [0.717, 1.165) is 11.3 Å². The number of rotatable bonds is 5. The second-order valence-corrected chi connectivity index (χ2v) is 4.80. The first-order valence-electron chi connectivity index (χ1n) is 7.47. The van der Waals surface area contributed by atoms with Gasteiger partial charge in [0.1, 0.15) is 0 Å². The van der Waals surface area contributed by atoms with Crippen molar-refractivity contribution in [2.75, 3.05) is 6.61 Å². The summed E-state index contributed by atoms with van der Waals surface area (Å²) in [5.74, 6) is -0.422. The monoisotopic (exact) mass is 316 g/mol. The van der Waals surface area contributed by atoms with E-state index in [1.54, 1.807) is 11.6 Å². The van der Waals surface area contributed by atoms with Gasteiger partial charge in [-0.2, -0.15) is 5.10 Å². The summed E-state index contributed by atoms with van der Waals surface area (Å²) < 4.78 is 6.47. The molecule has 2 rings (SSSR count). The van der Waals surface area contributed by atoms with E-state index in [1.807, 2.05) is 37.3 Å². The summed E-state index contributed by atoms with van der Waals surface area (Å²) in [5.41, 5.74) is 6.85. The fourth-order valence-electron chi connectivity index (χ4n) is 2.21. The highest BCUT2D eigenvalue weighted by atomic mass is 16.5. The Hall–Kier alpha value is -2.83. The molecule has 0 spiro atoms. The van der Waals surface area contributed by atoms with Crippen molar-refractivity contribution in [3.05, 3.63) is 53.3 Å². The molecule has 1 heterocycles. The molecule has 1 aromatic carbocycles. The van der Waals surface area contributed by atoms with Crippen LogP contribution in [-0.2, 0) is 17.7 Å². The zero-order chi connectivity index (χ0) is 16.7. The van der Waals surface area contributed by atoms with Crippen LogP contribution in [0.1, 0.15) is 35.5 Å². The first-order valence-corrected chi connectivity index (χ1v) is 7.47. The molecule has 0 atom stereocenters. The average Bonchev–Trinajstić information content (AvgIpc) is 2.96. The molecular formula is C16H20N4O3. The van der Waals surface area contributed by atoms with Crippen LogP contribution < -0.4 is 10.9 Å². The molecule has 0 unspecified atom stereocenters. The maximum absolute atomic E-state index is 12.2. The van der Waals surface area contributed by atoms with Crippen molar-refractivity contribution >= 4 is 12.0 Å². The second-order valence-electron chi connectivity index (χ2n) is 4.80. The number of ether oxygens (including phenoxy) is 1. The van der Waals surface area contributed by atoms with Crippen molar-refractivity contribution in [1.29, 1.82) is 0 Å². The molecule has 0 radical (unpaired) electrons. The van der Waals surface area contributed by atoms with Crippen molar-refractivity contribution in [1.82, 2.24) is 20.6 Å². The van der Waals surface area contributed by atoms with E-state index in [2.05, 4.69) is 20.7 Å². The molecule has 122 valence electrons. The maximum atomic E-state index is 12.2. The Labute approximate surface area is 134 Å². The molecule has 0 saturated heterocycles. The zero-order valence-electron chi connectivity index (χ0n) is 13.2. The van der Waals surface area contributed by atoms with Crippen LogP contribution in [0.3, 0.4) is 0 Å². The lowest BCUT2D eigenvalue weighted by Gasteiger charge is -2.09. The lowest BCUT2D eigenvalue weighted by molar-refractivity contribution is 0.0911. The molecule has 7 nitrogen and oxygen atoms in total. The van der Waals surface area contributed by atoms with Crippen molar-refractivity contribution in [2.45, 2.75) is 26.8 Å². The van der Waals surface area contributed by atoms with Gasteiger partial charge in [0.15, 0.2) is 0 Å². The molecule has 23 heavy (non-hydrogen) atoms. The number of carbonyl (C=O) groups excluding carboxylic acids is 2. The number of nitrogens with one attached hydrogen (secondary N) is 2. The van der Waals surface area contributed by atoms with Crippen LogP contribution >= 0.6 is 0 Å². The summed E-state index contributed by atoms with van der Waals surface area (Å²) in [6.07, 6.45) is 1.45. The van der Waals surface area contributed by atoms with Gasteiger partial charge in [0.25, 0.3) is 5.91 Å². The molecule has 7 heteroatoms. The number of hydrogen-bond donors (Lipinski definition) is 2. The SMILES string of the molecule is CCOC(=O)NNC(=O)c1cnn(Cc2ccccc2)c1CC. The minimum absolute atomic E-state index is 0.233. The third-order valence-electron chi connectivity index (χ3n) is 3.26. The number of benzene rings is 1. The van der Waals surface area contributed by atoms with Crippen molar-refractivity contribution < 1.29 is 14.3 Å². The topological polar surface area (TPSA) is 85.2 Å². The first-order chi connectivity index (χ1) is 11.2.